The van der Waals surface area contributed by atoms with Gasteiger partial charge in [-0.2, -0.15) is 0 Å². The summed E-state index contributed by atoms with van der Waals surface area (Å²) in [6, 6.07) is 5.57. The predicted octanol–water partition coefficient (Wildman–Crippen LogP) is 4.20. The summed E-state index contributed by atoms with van der Waals surface area (Å²) >= 11 is 1.54. The van der Waals surface area contributed by atoms with Crippen LogP contribution in [0, 0.1) is 13.8 Å². The van der Waals surface area contributed by atoms with E-state index in [0.29, 0.717) is 17.3 Å². The number of aromatic nitrogens is 1. The largest absolute Gasteiger partial charge is 0.448 e. The maximum absolute atomic E-state index is 12.2. The third-order valence-electron chi connectivity index (χ3n) is 4.85. The van der Waals surface area contributed by atoms with E-state index in [1.54, 1.807) is 0 Å². The Morgan fingerprint density at radius 2 is 2.00 bits per heavy atom. The molecule has 1 N–H and O–H groups in total. The van der Waals surface area contributed by atoms with E-state index in [2.05, 4.69) is 10.5 Å². The van der Waals surface area contributed by atoms with Crippen molar-refractivity contribution in [2.45, 2.75) is 51.1 Å². The number of nitrogens with zero attached hydrogens (tertiary/aromatic N) is 1. The van der Waals surface area contributed by atoms with Crippen molar-refractivity contribution in [3.63, 3.8) is 0 Å². The fourth-order valence-corrected chi connectivity index (χ4v) is 4.42. The van der Waals surface area contributed by atoms with Crippen LogP contribution < -0.4 is 14.8 Å². The van der Waals surface area contributed by atoms with Crippen molar-refractivity contribution in [1.29, 1.82) is 0 Å². The molecule has 0 unspecified atom stereocenters. The summed E-state index contributed by atoms with van der Waals surface area (Å²) in [6.45, 7) is 3.80. The second-order valence-corrected chi connectivity index (χ2v) is 7.81. The first-order chi connectivity index (χ1) is 12.5. The summed E-state index contributed by atoms with van der Waals surface area (Å²) in [5.41, 5.74) is 2.67. The van der Waals surface area contributed by atoms with Gasteiger partial charge in [-0.25, -0.2) is 0 Å². The van der Waals surface area contributed by atoms with Gasteiger partial charge in [0.2, 0.25) is 5.91 Å². The van der Waals surface area contributed by atoms with Gasteiger partial charge >= 0.3 is 0 Å². The zero-order chi connectivity index (χ0) is 18.1. The minimum atomic E-state index is -0.477. The van der Waals surface area contributed by atoms with E-state index in [9.17, 15) is 4.79 Å². The molecule has 1 aromatic carbocycles. The molecule has 7 heteroatoms. The molecule has 2 aromatic rings. The van der Waals surface area contributed by atoms with Gasteiger partial charge in [0.25, 0.3) is 5.79 Å². The van der Waals surface area contributed by atoms with Gasteiger partial charge < -0.3 is 19.3 Å². The van der Waals surface area contributed by atoms with Crippen LogP contribution >= 0.6 is 11.8 Å². The van der Waals surface area contributed by atoms with Gasteiger partial charge in [-0.3, -0.25) is 4.79 Å². The average Bonchev–Trinajstić information content (AvgIpc) is 3.29. The molecule has 6 nitrogen and oxygen atoms in total. The second kappa shape index (κ2) is 6.87. The molecule has 1 aliphatic carbocycles. The van der Waals surface area contributed by atoms with Crippen molar-refractivity contribution in [2.24, 2.45) is 0 Å². The summed E-state index contributed by atoms with van der Waals surface area (Å²) < 4.78 is 17.2. The summed E-state index contributed by atoms with van der Waals surface area (Å²) in [5.74, 6) is 2.84. The summed E-state index contributed by atoms with van der Waals surface area (Å²) in [5, 5.41) is 6.86. The molecule has 4 rings (SSSR count). The lowest BCUT2D eigenvalue weighted by Gasteiger charge is -2.21. The maximum atomic E-state index is 12.2. The molecular weight excluding hydrogens is 352 g/mol. The van der Waals surface area contributed by atoms with Gasteiger partial charge in [0.05, 0.1) is 11.4 Å². The van der Waals surface area contributed by atoms with Crippen LogP contribution in [0.3, 0.4) is 0 Å². The highest BCUT2D eigenvalue weighted by Crippen LogP contribution is 2.47. The number of carbonyl (C=O) groups is 1. The Balaban J connectivity index is 1.31. The van der Waals surface area contributed by atoms with Crippen LogP contribution in [0.4, 0.5) is 5.69 Å². The summed E-state index contributed by atoms with van der Waals surface area (Å²) in [6.07, 6.45) is 4.09. The molecule has 0 radical (unpaired) electrons. The number of carbonyl (C=O) groups excluding carboxylic acids is 1. The van der Waals surface area contributed by atoms with Crippen LogP contribution in [0.2, 0.25) is 0 Å². The number of fused-ring (bicyclic) bond motifs is 1. The third kappa shape index (κ3) is 3.40. The Hall–Kier alpha value is -2.15. The van der Waals surface area contributed by atoms with E-state index < -0.39 is 5.79 Å². The first kappa shape index (κ1) is 17.3. The zero-order valence-electron chi connectivity index (χ0n) is 15.0. The minimum absolute atomic E-state index is 0.0452. The van der Waals surface area contributed by atoms with Crippen LogP contribution in [0.5, 0.6) is 11.5 Å². The smallest absolute Gasteiger partial charge is 0.251 e. The van der Waals surface area contributed by atoms with Crippen LogP contribution in [-0.2, 0) is 10.5 Å². The molecule has 1 saturated carbocycles. The standard InChI is InChI=1S/C19H22N2O4S/c1-12-15(13(2)25-21-12)10-26-11-18(22)20-14-5-6-16-17(9-14)24-19(23-16)7-3-4-8-19/h5-6,9H,3-4,7-8,10-11H2,1-2H3,(H,20,22). The number of nitrogens with one attached hydrogen (secondary N) is 1. The second-order valence-electron chi connectivity index (χ2n) is 6.83. The molecule has 2 heterocycles. The number of amides is 1. The molecule has 0 atom stereocenters. The van der Waals surface area contributed by atoms with Crippen LogP contribution in [0.1, 0.15) is 42.7 Å². The van der Waals surface area contributed by atoms with Crippen LogP contribution in [-0.4, -0.2) is 22.6 Å². The molecule has 2 aliphatic rings. The number of hydrogen-bond donors (Lipinski definition) is 1. The minimum Gasteiger partial charge on any atom is -0.448 e. The number of anilines is 1. The lowest BCUT2D eigenvalue weighted by molar-refractivity contribution is -0.113. The molecule has 26 heavy (non-hydrogen) atoms. The Morgan fingerprint density at radius 1 is 1.23 bits per heavy atom. The monoisotopic (exact) mass is 374 g/mol. The van der Waals surface area contributed by atoms with Crippen molar-refractivity contribution in [1.82, 2.24) is 5.16 Å². The average molecular weight is 374 g/mol. The Kier molecular flexibility index (Phi) is 4.56. The number of thioether (sulfide) groups is 1. The van der Waals surface area contributed by atoms with E-state index in [-0.39, 0.29) is 5.91 Å². The number of aryl methyl sites for hydroxylation is 2. The van der Waals surface area contributed by atoms with Crippen LogP contribution in [0.15, 0.2) is 22.7 Å². The van der Waals surface area contributed by atoms with E-state index in [4.69, 9.17) is 14.0 Å². The number of ether oxygens (including phenoxy) is 2. The topological polar surface area (TPSA) is 73.6 Å². The number of benzene rings is 1. The molecule has 0 bridgehead atoms. The lowest BCUT2D eigenvalue weighted by Crippen LogP contribution is -2.34. The third-order valence-corrected chi connectivity index (χ3v) is 5.80. The molecule has 1 spiro atoms. The summed E-state index contributed by atoms with van der Waals surface area (Å²) in [4.78, 5) is 12.2. The van der Waals surface area contributed by atoms with Gasteiger partial charge in [0.15, 0.2) is 11.5 Å². The first-order valence-electron chi connectivity index (χ1n) is 8.86. The molecule has 0 saturated heterocycles. The van der Waals surface area contributed by atoms with Gasteiger partial charge in [0, 0.05) is 35.9 Å². The van der Waals surface area contributed by atoms with Crippen molar-refractivity contribution >= 4 is 23.4 Å². The Morgan fingerprint density at radius 3 is 2.73 bits per heavy atom. The highest BCUT2D eigenvalue weighted by molar-refractivity contribution is 7.99. The van der Waals surface area contributed by atoms with Gasteiger partial charge in [-0.05, 0) is 38.8 Å². The van der Waals surface area contributed by atoms with Gasteiger partial charge in [0.1, 0.15) is 5.76 Å². The fourth-order valence-electron chi connectivity index (χ4n) is 3.44. The van der Waals surface area contributed by atoms with Crippen molar-refractivity contribution in [3.05, 3.63) is 35.2 Å². The highest BCUT2D eigenvalue weighted by atomic mass is 32.2. The quantitative estimate of drug-likeness (QED) is 0.845. The van der Waals surface area contributed by atoms with E-state index in [1.165, 1.54) is 11.8 Å². The first-order valence-corrected chi connectivity index (χ1v) is 10.0. The normalized spacial score (nSPS) is 17.0. The van der Waals surface area contributed by atoms with Crippen molar-refractivity contribution in [3.8, 4) is 11.5 Å². The summed E-state index contributed by atoms with van der Waals surface area (Å²) in [7, 11) is 0. The lowest BCUT2D eigenvalue weighted by atomic mass is 10.2. The van der Waals surface area contributed by atoms with Crippen molar-refractivity contribution in [2.75, 3.05) is 11.1 Å². The fraction of sp³-hybridized carbons (Fsp3) is 0.474. The molecule has 1 aromatic heterocycles. The SMILES string of the molecule is Cc1noc(C)c1CSCC(=O)Nc1ccc2c(c1)OC1(CCCC1)O2. The van der Waals surface area contributed by atoms with Gasteiger partial charge in [-0.1, -0.05) is 5.16 Å². The number of hydrogen-bond acceptors (Lipinski definition) is 6. The highest BCUT2D eigenvalue weighted by Gasteiger charge is 2.44. The molecule has 1 aliphatic heterocycles. The van der Waals surface area contributed by atoms with E-state index in [0.717, 1.165) is 54.1 Å². The molecule has 1 fully saturated rings. The predicted molar refractivity (Wildman–Crippen MR) is 99.7 cm³/mol. The van der Waals surface area contributed by atoms with E-state index in [1.807, 2.05) is 32.0 Å². The Labute approximate surface area is 156 Å². The Bertz CT molecular complexity index is 807. The van der Waals surface area contributed by atoms with Crippen LogP contribution in [0.25, 0.3) is 0 Å². The van der Waals surface area contributed by atoms with Gasteiger partial charge in [-0.15, -0.1) is 11.8 Å². The van der Waals surface area contributed by atoms with Crippen molar-refractivity contribution < 1.29 is 18.8 Å². The number of rotatable bonds is 5. The zero-order valence-corrected chi connectivity index (χ0v) is 15.8. The molecule has 138 valence electrons. The molecule has 1 amide bonds. The van der Waals surface area contributed by atoms with E-state index >= 15 is 0 Å². The molecular formula is C19H22N2O4S. The maximum Gasteiger partial charge on any atom is 0.251 e.